The maximum atomic E-state index is 13.0. The van der Waals surface area contributed by atoms with E-state index in [9.17, 15) is 22.8 Å². The highest BCUT2D eigenvalue weighted by molar-refractivity contribution is 6.01. The molecule has 4 nitrogen and oxygen atoms in total. The summed E-state index contributed by atoms with van der Waals surface area (Å²) < 4.78 is 39.1. The van der Waals surface area contributed by atoms with Gasteiger partial charge in [0.25, 0.3) is 5.91 Å². The van der Waals surface area contributed by atoms with Crippen LogP contribution in [0.15, 0.2) is 67.8 Å². The van der Waals surface area contributed by atoms with Gasteiger partial charge in [-0.1, -0.05) is 38.0 Å². The molecule has 2 N–H and O–H groups in total. The Morgan fingerprint density at radius 1 is 1.07 bits per heavy atom. The van der Waals surface area contributed by atoms with Crippen LogP contribution in [0.25, 0.3) is 0 Å². The normalized spacial score (nSPS) is 11.4. The summed E-state index contributed by atoms with van der Waals surface area (Å²) in [6.45, 7) is 10.8. The summed E-state index contributed by atoms with van der Waals surface area (Å²) in [5.74, 6) is -1.34. The molecule has 1 rings (SSSR count). The Kier molecular flexibility index (Phi) is 8.26. The molecule has 7 heteroatoms. The number of nitrogens with one attached hydrogen (secondary N) is 2. The van der Waals surface area contributed by atoms with E-state index in [0.29, 0.717) is 12.8 Å². The molecule has 1 aromatic rings. The van der Waals surface area contributed by atoms with Crippen LogP contribution in [0.2, 0.25) is 0 Å². The molecule has 0 spiro atoms. The predicted octanol–water partition coefficient (Wildman–Crippen LogP) is 4.64. The summed E-state index contributed by atoms with van der Waals surface area (Å²) >= 11 is 0. The number of hydrogen-bond acceptors (Lipinski definition) is 2. The summed E-state index contributed by atoms with van der Waals surface area (Å²) in [5.41, 5.74) is -0.428. The van der Waals surface area contributed by atoms with E-state index in [1.807, 2.05) is 0 Å². The van der Waals surface area contributed by atoms with Gasteiger partial charge in [0.1, 0.15) is 0 Å². The highest BCUT2D eigenvalue weighted by Gasteiger charge is 2.32. The molecule has 0 fully saturated rings. The molecule has 0 aliphatic rings. The van der Waals surface area contributed by atoms with Crippen LogP contribution in [0.1, 0.15) is 28.8 Å². The number of carbonyl (C=O) groups is 2. The lowest BCUT2D eigenvalue weighted by Gasteiger charge is -2.13. The minimum atomic E-state index is -4.65. The van der Waals surface area contributed by atoms with Gasteiger partial charge in [-0.3, -0.25) is 9.59 Å². The van der Waals surface area contributed by atoms with Gasteiger partial charge in [-0.05, 0) is 42.7 Å². The van der Waals surface area contributed by atoms with Crippen LogP contribution in [-0.4, -0.2) is 18.4 Å². The summed E-state index contributed by atoms with van der Waals surface area (Å²) in [5, 5.41) is 4.81. The maximum Gasteiger partial charge on any atom is 0.416 e. The Morgan fingerprint density at radius 3 is 2.33 bits per heavy atom. The zero-order chi connectivity index (χ0) is 20.4. The molecule has 0 aliphatic carbocycles. The number of amides is 2. The van der Waals surface area contributed by atoms with Crippen molar-refractivity contribution in [3.63, 3.8) is 0 Å². The molecule has 0 radical (unpaired) electrons. The van der Waals surface area contributed by atoms with Crippen molar-refractivity contribution in [1.82, 2.24) is 5.32 Å². The number of hydrogen-bond donors (Lipinski definition) is 2. The molecule has 0 heterocycles. The standard InChI is InChI=1S/C20H21F3N2O2/c1-4-8-14(5-2)9-7-10-24-19(27)15-11-16(20(21,22)23)13-17(12-15)25-18(26)6-3/h4-6,8,11-13H,1-3,7,9-10H2,(H,24,27)(H,25,26)/b14-8+. The van der Waals surface area contributed by atoms with Crippen LogP contribution in [-0.2, 0) is 11.0 Å². The quantitative estimate of drug-likeness (QED) is 0.374. The van der Waals surface area contributed by atoms with Crippen LogP contribution < -0.4 is 10.6 Å². The first-order valence-electron chi connectivity index (χ1n) is 8.09. The topological polar surface area (TPSA) is 58.2 Å². The van der Waals surface area contributed by atoms with Crippen molar-refractivity contribution in [3.05, 3.63) is 78.9 Å². The van der Waals surface area contributed by atoms with E-state index in [4.69, 9.17) is 0 Å². The second-order valence-electron chi connectivity index (χ2n) is 5.53. The molecule has 0 unspecified atom stereocenters. The fourth-order valence-corrected chi connectivity index (χ4v) is 2.19. The average Bonchev–Trinajstić information content (AvgIpc) is 2.62. The third kappa shape index (κ3) is 7.35. The van der Waals surface area contributed by atoms with Crippen molar-refractivity contribution in [3.8, 4) is 0 Å². The summed E-state index contributed by atoms with van der Waals surface area (Å²) in [6.07, 6.45) is 2.57. The van der Waals surface area contributed by atoms with E-state index in [-0.39, 0.29) is 17.8 Å². The largest absolute Gasteiger partial charge is 0.416 e. The molecule has 0 aliphatic heterocycles. The van der Waals surface area contributed by atoms with E-state index >= 15 is 0 Å². The second kappa shape index (κ2) is 10.2. The summed E-state index contributed by atoms with van der Waals surface area (Å²) in [7, 11) is 0. The molecule has 0 saturated carbocycles. The minimum Gasteiger partial charge on any atom is -0.352 e. The lowest BCUT2D eigenvalue weighted by Crippen LogP contribution is -2.25. The minimum absolute atomic E-state index is 0.136. The van der Waals surface area contributed by atoms with Gasteiger partial charge in [0, 0.05) is 17.8 Å². The summed E-state index contributed by atoms with van der Waals surface area (Å²) in [4.78, 5) is 23.6. The summed E-state index contributed by atoms with van der Waals surface area (Å²) in [6, 6.07) is 2.68. The van der Waals surface area contributed by atoms with Crippen LogP contribution in [0.5, 0.6) is 0 Å². The molecular formula is C20H21F3N2O2. The van der Waals surface area contributed by atoms with Crippen LogP contribution in [0, 0.1) is 0 Å². The number of alkyl halides is 3. The first-order chi connectivity index (χ1) is 12.7. The van der Waals surface area contributed by atoms with Crippen molar-refractivity contribution >= 4 is 17.5 Å². The third-order valence-corrected chi connectivity index (χ3v) is 3.50. The molecule has 1 aromatic carbocycles. The fourth-order valence-electron chi connectivity index (χ4n) is 2.19. The smallest absolute Gasteiger partial charge is 0.352 e. The molecule has 0 bridgehead atoms. The average molecular weight is 378 g/mol. The van der Waals surface area contributed by atoms with Gasteiger partial charge in [0.2, 0.25) is 5.91 Å². The van der Waals surface area contributed by atoms with Gasteiger partial charge in [-0.2, -0.15) is 13.2 Å². The van der Waals surface area contributed by atoms with Gasteiger partial charge in [0.15, 0.2) is 0 Å². The lowest BCUT2D eigenvalue weighted by molar-refractivity contribution is -0.137. The highest BCUT2D eigenvalue weighted by atomic mass is 19.4. The van der Waals surface area contributed by atoms with Crippen LogP contribution in [0.4, 0.5) is 18.9 Å². The Morgan fingerprint density at radius 2 is 1.78 bits per heavy atom. The zero-order valence-corrected chi connectivity index (χ0v) is 14.7. The molecule has 27 heavy (non-hydrogen) atoms. The van der Waals surface area contributed by atoms with Gasteiger partial charge >= 0.3 is 6.18 Å². The van der Waals surface area contributed by atoms with Gasteiger partial charge in [0.05, 0.1) is 5.56 Å². The Balaban J connectivity index is 2.88. The third-order valence-electron chi connectivity index (χ3n) is 3.50. The predicted molar refractivity (Wildman–Crippen MR) is 100 cm³/mol. The van der Waals surface area contributed by atoms with E-state index in [1.165, 1.54) is 6.07 Å². The lowest BCUT2D eigenvalue weighted by atomic mass is 10.1. The number of anilines is 1. The SMILES string of the molecule is C=C/C=C(\C=C)CCCNC(=O)c1cc(NC(=O)C=C)cc(C(F)(F)F)c1. The van der Waals surface area contributed by atoms with Crippen molar-refractivity contribution < 1.29 is 22.8 Å². The fraction of sp³-hybridized carbons (Fsp3) is 0.200. The van der Waals surface area contributed by atoms with Crippen molar-refractivity contribution in [1.29, 1.82) is 0 Å². The Hall–Kier alpha value is -3.09. The number of halogens is 3. The number of allylic oxidation sites excluding steroid dienone is 4. The van der Waals surface area contributed by atoms with Gasteiger partial charge in [-0.15, -0.1) is 0 Å². The van der Waals surface area contributed by atoms with Crippen molar-refractivity contribution in [2.75, 3.05) is 11.9 Å². The van der Waals surface area contributed by atoms with Crippen LogP contribution in [0.3, 0.4) is 0 Å². The Labute approximate surface area is 156 Å². The molecular weight excluding hydrogens is 357 g/mol. The zero-order valence-electron chi connectivity index (χ0n) is 14.7. The molecule has 0 aromatic heterocycles. The number of rotatable bonds is 9. The molecule has 2 amide bonds. The van der Waals surface area contributed by atoms with Crippen molar-refractivity contribution in [2.24, 2.45) is 0 Å². The molecule has 0 saturated heterocycles. The monoisotopic (exact) mass is 378 g/mol. The number of benzene rings is 1. The van der Waals surface area contributed by atoms with E-state index in [1.54, 1.807) is 18.2 Å². The second-order valence-corrected chi connectivity index (χ2v) is 5.53. The van der Waals surface area contributed by atoms with E-state index < -0.39 is 23.6 Å². The molecule has 0 atom stereocenters. The first kappa shape index (κ1) is 22.0. The Bertz CT molecular complexity index is 765. The maximum absolute atomic E-state index is 13.0. The van der Waals surface area contributed by atoms with Crippen LogP contribution >= 0.6 is 0 Å². The van der Waals surface area contributed by atoms with Gasteiger partial charge < -0.3 is 10.6 Å². The van der Waals surface area contributed by atoms with E-state index in [0.717, 1.165) is 23.8 Å². The molecule has 144 valence electrons. The van der Waals surface area contributed by atoms with E-state index in [2.05, 4.69) is 30.4 Å². The first-order valence-corrected chi connectivity index (χ1v) is 8.09. The van der Waals surface area contributed by atoms with Gasteiger partial charge in [-0.25, -0.2) is 0 Å². The van der Waals surface area contributed by atoms with Crippen molar-refractivity contribution in [2.45, 2.75) is 19.0 Å². The highest BCUT2D eigenvalue weighted by Crippen LogP contribution is 2.32. The number of carbonyl (C=O) groups excluding carboxylic acids is 2.